The molecule has 0 saturated carbocycles. The number of rotatable bonds is 6. The number of nitrogens with zero attached hydrogens (tertiary/aromatic N) is 2. The monoisotopic (exact) mass is 290 g/mol. The smallest absolute Gasteiger partial charge is 0.328 e. The zero-order valence-corrected chi connectivity index (χ0v) is 11.6. The van der Waals surface area contributed by atoms with Gasteiger partial charge in [-0.05, 0) is 17.7 Å². The lowest BCUT2D eigenvalue weighted by atomic mass is 10.1. The van der Waals surface area contributed by atoms with Gasteiger partial charge in [-0.1, -0.05) is 12.1 Å². The van der Waals surface area contributed by atoms with Crippen LogP contribution in [0.25, 0.3) is 0 Å². The Morgan fingerprint density at radius 2 is 1.81 bits per heavy atom. The molecule has 0 spiro atoms. The molecular weight excluding hydrogens is 276 g/mol. The van der Waals surface area contributed by atoms with Gasteiger partial charge in [-0.25, -0.2) is 0 Å². The Morgan fingerprint density at radius 1 is 1.14 bits per heavy atom. The van der Waals surface area contributed by atoms with Gasteiger partial charge in [-0.2, -0.15) is 9.97 Å². The van der Waals surface area contributed by atoms with Crippen molar-refractivity contribution in [3.05, 3.63) is 35.9 Å². The number of benzene rings is 1. The van der Waals surface area contributed by atoms with Crippen LogP contribution in [0.3, 0.4) is 0 Å². The van der Waals surface area contributed by atoms with Gasteiger partial charge in [-0.3, -0.25) is 4.79 Å². The summed E-state index contributed by atoms with van der Waals surface area (Å²) in [5.41, 5.74) is 0.620. The van der Waals surface area contributed by atoms with E-state index in [9.17, 15) is 4.79 Å². The summed E-state index contributed by atoms with van der Waals surface area (Å²) in [6.07, 6.45) is -0.0838. The van der Waals surface area contributed by atoms with Crippen LogP contribution in [-0.2, 0) is 11.2 Å². The highest BCUT2D eigenvalue weighted by atomic mass is 16.5. The van der Waals surface area contributed by atoms with Crippen LogP contribution < -0.4 is 14.2 Å². The normalized spacial score (nSPS) is 10.0. The summed E-state index contributed by atoms with van der Waals surface area (Å²) < 4.78 is 15.6. The molecule has 0 radical (unpaired) electrons. The van der Waals surface area contributed by atoms with E-state index in [1.807, 2.05) is 0 Å². The van der Waals surface area contributed by atoms with Gasteiger partial charge in [0.15, 0.2) is 0 Å². The average molecular weight is 290 g/mol. The number of carboxylic acids is 1. The van der Waals surface area contributed by atoms with E-state index in [1.165, 1.54) is 20.3 Å². The van der Waals surface area contributed by atoms with E-state index < -0.39 is 5.97 Å². The van der Waals surface area contributed by atoms with E-state index in [-0.39, 0.29) is 12.4 Å². The molecule has 0 amide bonds. The van der Waals surface area contributed by atoms with E-state index in [2.05, 4.69) is 9.97 Å². The predicted molar refractivity (Wildman–Crippen MR) is 73.0 cm³/mol. The second-order valence-electron chi connectivity index (χ2n) is 4.06. The fraction of sp³-hybridized carbons (Fsp3) is 0.214. The van der Waals surface area contributed by atoms with Crippen molar-refractivity contribution in [2.75, 3.05) is 14.2 Å². The van der Waals surface area contributed by atoms with E-state index in [1.54, 1.807) is 24.3 Å². The van der Waals surface area contributed by atoms with Crippen molar-refractivity contribution in [1.29, 1.82) is 0 Å². The first-order valence-corrected chi connectivity index (χ1v) is 6.06. The lowest BCUT2D eigenvalue weighted by Gasteiger charge is -2.08. The quantitative estimate of drug-likeness (QED) is 0.868. The summed E-state index contributed by atoms with van der Waals surface area (Å²) in [7, 11) is 2.94. The first kappa shape index (κ1) is 14.6. The standard InChI is InChI=1S/C14H14N2O5/c1-19-11-8-12(20-2)16-14(15-11)21-10-5-3-4-9(6-10)7-13(17)18/h3-6,8H,7H2,1-2H3,(H,17,18). The molecule has 110 valence electrons. The Bertz CT molecular complexity index is 623. The number of aromatic nitrogens is 2. The summed E-state index contributed by atoms with van der Waals surface area (Å²) in [4.78, 5) is 18.8. The van der Waals surface area contributed by atoms with Crippen molar-refractivity contribution in [1.82, 2.24) is 9.97 Å². The molecular formula is C14H14N2O5. The highest BCUT2D eigenvalue weighted by molar-refractivity contribution is 5.70. The molecule has 0 bridgehead atoms. The van der Waals surface area contributed by atoms with Crippen LogP contribution in [0.4, 0.5) is 0 Å². The molecule has 7 heteroatoms. The van der Waals surface area contributed by atoms with E-state index in [0.717, 1.165) is 0 Å². The maximum Gasteiger partial charge on any atom is 0.328 e. The van der Waals surface area contributed by atoms with Crippen LogP contribution in [-0.4, -0.2) is 35.3 Å². The van der Waals surface area contributed by atoms with Crippen molar-refractivity contribution in [3.63, 3.8) is 0 Å². The second-order valence-corrected chi connectivity index (χ2v) is 4.06. The maximum atomic E-state index is 10.7. The molecule has 21 heavy (non-hydrogen) atoms. The van der Waals surface area contributed by atoms with E-state index in [0.29, 0.717) is 23.1 Å². The van der Waals surface area contributed by atoms with Gasteiger partial charge >= 0.3 is 12.0 Å². The molecule has 2 rings (SSSR count). The van der Waals surface area contributed by atoms with Crippen molar-refractivity contribution in [2.45, 2.75) is 6.42 Å². The predicted octanol–water partition coefficient (Wildman–Crippen LogP) is 1.91. The van der Waals surface area contributed by atoms with Crippen molar-refractivity contribution < 1.29 is 24.1 Å². The number of ether oxygens (including phenoxy) is 3. The first-order chi connectivity index (χ1) is 10.1. The topological polar surface area (TPSA) is 90.8 Å². The third-order valence-corrected chi connectivity index (χ3v) is 2.54. The van der Waals surface area contributed by atoms with Crippen LogP contribution in [0.15, 0.2) is 30.3 Å². The van der Waals surface area contributed by atoms with Crippen LogP contribution in [0.1, 0.15) is 5.56 Å². The molecule has 1 aromatic heterocycles. The molecule has 0 aliphatic rings. The molecule has 0 aliphatic heterocycles. The summed E-state index contributed by atoms with van der Waals surface area (Å²) in [5, 5.41) is 8.79. The SMILES string of the molecule is COc1cc(OC)nc(Oc2cccc(CC(=O)O)c2)n1. The van der Waals surface area contributed by atoms with Gasteiger partial charge in [0.25, 0.3) is 0 Å². The fourth-order valence-corrected chi connectivity index (χ4v) is 1.64. The zero-order valence-electron chi connectivity index (χ0n) is 11.6. The van der Waals surface area contributed by atoms with Crippen molar-refractivity contribution in [3.8, 4) is 23.5 Å². The summed E-state index contributed by atoms with van der Waals surface area (Å²) >= 11 is 0. The van der Waals surface area contributed by atoms with E-state index in [4.69, 9.17) is 19.3 Å². The van der Waals surface area contributed by atoms with Crippen LogP contribution >= 0.6 is 0 Å². The number of methoxy groups -OCH3 is 2. The van der Waals surface area contributed by atoms with Gasteiger partial charge < -0.3 is 19.3 Å². The summed E-state index contributed by atoms with van der Waals surface area (Å²) in [5.74, 6) is 0.132. The lowest BCUT2D eigenvalue weighted by Crippen LogP contribution is -2.01. The number of hydrogen-bond acceptors (Lipinski definition) is 6. The Morgan fingerprint density at radius 3 is 2.38 bits per heavy atom. The largest absolute Gasteiger partial charge is 0.481 e. The zero-order chi connectivity index (χ0) is 15.2. The van der Waals surface area contributed by atoms with Gasteiger partial charge in [0, 0.05) is 0 Å². The first-order valence-electron chi connectivity index (χ1n) is 6.06. The fourth-order valence-electron chi connectivity index (χ4n) is 1.64. The van der Waals surface area contributed by atoms with Crippen molar-refractivity contribution >= 4 is 5.97 Å². The minimum atomic E-state index is -0.911. The molecule has 1 aromatic carbocycles. The lowest BCUT2D eigenvalue weighted by molar-refractivity contribution is -0.136. The van der Waals surface area contributed by atoms with Crippen LogP contribution in [0.5, 0.6) is 23.5 Å². The Balaban J connectivity index is 2.23. The van der Waals surface area contributed by atoms with Crippen LogP contribution in [0.2, 0.25) is 0 Å². The van der Waals surface area contributed by atoms with Gasteiger partial charge in [0.2, 0.25) is 11.8 Å². The number of carboxylic acid groups (broad SMARTS) is 1. The summed E-state index contributed by atoms with van der Waals surface area (Å²) in [6, 6.07) is 8.27. The highest BCUT2D eigenvalue weighted by Crippen LogP contribution is 2.24. The van der Waals surface area contributed by atoms with Gasteiger partial charge in [0.05, 0.1) is 26.7 Å². The molecule has 7 nitrogen and oxygen atoms in total. The van der Waals surface area contributed by atoms with Crippen molar-refractivity contribution in [2.24, 2.45) is 0 Å². The number of hydrogen-bond donors (Lipinski definition) is 1. The Kier molecular flexibility index (Phi) is 4.55. The molecule has 1 heterocycles. The number of aliphatic carboxylic acids is 1. The van der Waals surface area contributed by atoms with Crippen LogP contribution in [0, 0.1) is 0 Å². The van der Waals surface area contributed by atoms with E-state index >= 15 is 0 Å². The molecule has 0 atom stereocenters. The Labute approximate surface area is 121 Å². The summed E-state index contributed by atoms with van der Waals surface area (Å²) in [6.45, 7) is 0. The molecule has 0 unspecified atom stereocenters. The third kappa shape index (κ3) is 4.07. The molecule has 0 aliphatic carbocycles. The highest BCUT2D eigenvalue weighted by Gasteiger charge is 2.08. The third-order valence-electron chi connectivity index (χ3n) is 2.54. The molecule has 0 saturated heterocycles. The molecule has 0 fully saturated rings. The average Bonchev–Trinajstić information content (AvgIpc) is 2.46. The minimum Gasteiger partial charge on any atom is -0.481 e. The molecule has 1 N–H and O–H groups in total. The Hall–Kier alpha value is -2.83. The minimum absolute atomic E-state index is 0.0543. The number of carbonyl (C=O) groups is 1. The van der Waals surface area contributed by atoms with Gasteiger partial charge in [-0.15, -0.1) is 0 Å². The maximum absolute atomic E-state index is 10.7. The molecule has 2 aromatic rings. The second kappa shape index (κ2) is 6.56. The van der Waals surface area contributed by atoms with Gasteiger partial charge in [0.1, 0.15) is 5.75 Å².